The molecule has 0 spiro atoms. The SMILES string of the molecule is O=[SH](=O)Oc1ccc2ccccc2c1.[KH]. The minimum atomic E-state index is -2.83. The molecule has 0 aliphatic heterocycles. The Morgan fingerprint density at radius 2 is 1.60 bits per heavy atom. The van der Waals surface area contributed by atoms with E-state index >= 15 is 0 Å². The van der Waals surface area contributed by atoms with Crippen molar-refractivity contribution in [2.45, 2.75) is 0 Å². The summed E-state index contributed by atoms with van der Waals surface area (Å²) < 4.78 is 25.2. The summed E-state index contributed by atoms with van der Waals surface area (Å²) in [7, 11) is -2.83. The van der Waals surface area contributed by atoms with Crippen LogP contribution in [0, 0.1) is 0 Å². The van der Waals surface area contributed by atoms with Gasteiger partial charge in [-0.05, 0) is 22.9 Å². The zero-order valence-corrected chi connectivity index (χ0v) is 8.11. The van der Waals surface area contributed by atoms with Crippen molar-refractivity contribution >= 4 is 73.1 Å². The Labute approximate surface area is 132 Å². The average Bonchev–Trinajstić information content (AvgIpc) is 2.17. The molecule has 15 heavy (non-hydrogen) atoms. The molecular weight excluding hydrogens is 239 g/mol. The first-order chi connectivity index (χ1) is 6.75. The molecular formula is C10H9KO3S. The Hall–Kier alpha value is 0.0864. The van der Waals surface area contributed by atoms with Gasteiger partial charge in [-0.3, -0.25) is 0 Å². The van der Waals surface area contributed by atoms with E-state index in [1.54, 1.807) is 12.1 Å². The van der Waals surface area contributed by atoms with Crippen LogP contribution in [-0.4, -0.2) is 59.8 Å². The van der Waals surface area contributed by atoms with Gasteiger partial charge in [0.05, 0.1) is 0 Å². The molecule has 74 valence electrons. The van der Waals surface area contributed by atoms with Gasteiger partial charge in [-0.25, -0.2) is 0 Å². The molecule has 0 radical (unpaired) electrons. The van der Waals surface area contributed by atoms with E-state index < -0.39 is 11.0 Å². The molecule has 0 N–H and O–H groups in total. The number of fused-ring (bicyclic) bond motifs is 1. The number of hydrogen-bond donors (Lipinski definition) is 1. The number of benzene rings is 2. The third kappa shape index (κ3) is 3.55. The van der Waals surface area contributed by atoms with Crippen molar-refractivity contribution in [3.8, 4) is 5.75 Å². The summed E-state index contributed by atoms with van der Waals surface area (Å²) in [6.07, 6.45) is 0. The van der Waals surface area contributed by atoms with E-state index in [2.05, 4.69) is 4.18 Å². The summed E-state index contributed by atoms with van der Waals surface area (Å²) in [4.78, 5) is 0. The molecule has 0 unspecified atom stereocenters. The molecule has 0 aromatic heterocycles. The summed E-state index contributed by atoms with van der Waals surface area (Å²) in [5.74, 6) is 0.347. The van der Waals surface area contributed by atoms with Gasteiger partial charge in [0.25, 0.3) is 11.0 Å². The van der Waals surface area contributed by atoms with Crippen LogP contribution in [0.2, 0.25) is 0 Å². The summed E-state index contributed by atoms with van der Waals surface area (Å²) in [6.45, 7) is 0. The second-order valence-electron chi connectivity index (χ2n) is 2.82. The third-order valence-electron chi connectivity index (χ3n) is 1.90. The zero-order chi connectivity index (χ0) is 9.97. The summed E-state index contributed by atoms with van der Waals surface area (Å²) in [5.41, 5.74) is 0. The summed E-state index contributed by atoms with van der Waals surface area (Å²) in [6, 6.07) is 12.8. The van der Waals surface area contributed by atoms with Crippen LogP contribution >= 0.6 is 0 Å². The molecule has 0 atom stereocenters. The number of rotatable bonds is 2. The predicted octanol–water partition coefficient (Wildman–Crippen LogP) is 1.10. The summed E-state index contributed by atoms with van der Waals surface area (Å²) >= 11 is 0. The first-order valence-corrected chi connectivity index (χ1v) is 5.16. The molecule has 5 heteroatoms. The van der Waals surface area contributed by atoms with Crippen molar-refractivity contribution < 1.29 is 12.6 Å². The standard InChI is InChI=1S/C10H8O3S.K.H/c11-14(12)13-10-6-5-8-3-1-2-4-9(8)7-10;;/h1-7,14H;;. The van der Waals surface area contributed by atoms with Gasteiger partial charge < -0.3 is 4.18 Å². The Morgan fingerprint density at radius 3 is 2.27 bits per heavy atom. The van der Waals surface area contributed by atoms with Crippen LogP contribution in [-0.2, 0) is 11.0 Å². The van der Waals surface area contributed by atoms with Gasteiger partial charge >= 0.3 is 51.4 Å². The average molecular weight is 248 g/mol. The van der Waals surface area contributed by atoms with Crippen LogP contribution in [0.4, 0.5) is 0 Å². The van der Waals surface area contributed by atoms with E-state index in [-0.39, 0.29) is 51.4 Å². The minimum absolute atomic E-state index is 0. The Kier molecular flexibility index (Phi) is 5.24. The first-order valence-electron chi connectivity index (χ1n) is 4.07. The third-order valence-corrected chi connectivity index (χ3v) is 2.26. The molecule has 0 aliphatic carbocycles. The van der Waals surface area contributed by atoms with Gasteiger partial charge in [-0.1, -0.05) is 30.3 Å². The molecule has 0 saturated carbocycles. The Balaban J connectivity index is 0.00000112. The van der Waals surface area contributed by atoms with E-state index in [0.717, 1.165) is 10.8 Å². The van der Waals surface area contributed by atoms with Crippen LogP contribution in [0.15, 0.2) is 42.5 Å². The quantitative estimate of drug-likeness (QED) is 0.639. The topological polar surface area (TPSA) is 43.4 Å². The molecule has 0 saturated heterocycles. The summed E-state index contributed by atoms with van der Waals surface area (Å²) in [5, 5.41) is 2.02. The van der Waals surface area contributed by atoms with Crippen LogP contribution < -0.4 is 4.18 Å². The van der Waals surface area contributed by atoms with Gasteiger partial charge in [0.1, 0.15) is 5.75 Å². The van der Waals surface area contributed by atoms with Gasteiger partial charge in [-0.2, -0.15) is 8.42 Å². The van der Waals surface area contributed by atoms with Crippen LogP contribution in [0.5, 0.6) is 5.75 Å². The Morgan fingerprint density at radius 1 is 0.933 bits per heavy atom. The van der Waals surface area contributed by atoms with Crippen molar-refractivity contribution in [3.05, 3.63) is 42.5 Å². The normalized spacial score (nSPS) is 9.93. The van der Waals surface area contributed by atoms with E-state index in [0.29, 0.717) is 5.75 Å². The number of hydrogen-bond acceptors (Lipinski definition) is 3. The van der Waals surface area contributed by atoms with Crippen molar-refractivity contribution in [2.75, 3.05) is 0 Å². The molecule has 2 rings (SSSR count). The van der Waals surface area contributed by atoms with E-state index in [1.165, 1.54) is 0 Å². The van der Waals surface area contributed by atoms with Gasteiger partial charge in [0, 0.05) is 0 Å². The molecule has 0 amide bonds. The first kappa shape index (κ1) is 13.2. The fourth-order valence-corrected chi connectivity index (χ4v) is 1.60. The predicted molar refractivity (Wildman–Crippen MR) is 62.0 cm³/mol. The maximum atomic E-state index is 10.3. The monoisotopic (exact) mass is 248 g/mol. The van der Waals surface area contributed by atoms with Crippen molar-refractivity contribution in [1.82, 2.24) is 0 Å². The fourth-order valence-electron chi connectivity index (χ4n) is 1.31. The van der Waals surface area contributed by atoms with Crippen LogP contribution in [0.3, 0.4) is 0 Å². The molecule has 0 aliphatic rings. The Bertz CT molecular complexity index is 529. The van der Waals surface area contributed by atoms with Crippen molar-refractivity contribution in [3.63, 3.8) is 0 Å². The molecule has 0 bridgehead atoms. The van der Waals surface area contributed by atoms with Crippen molar-refractivity contribution in [2.24, 2.45) is 0 Å². The fraction of sp³-hybridized carbons (Fsp3) is 0. The second-order valence-corrected chi connectivity index (χ2v) is 3.45. The van der Waals surface area contributed by atoms with Crippen LogP contribution in [0.1, 0.15) is 0 Å². The van der Waals surface area contributed by atoms with E-state index in [1.807, 2.05) is 30.3 Å². The van der Waals surface area contributed by atoms with E-state index in [4.69, 9.17) is 0 Å². The van der Waals surface area contributed by atoms with E-state index in [9.17, 15) is 8.42 Å². The second kappa shape index (κ2) is 5.98. The van der Waals surface area contributed by atoms with Gasteiger partial charge in [0.2, 0.25) is 0 Å². The number of thiol groups is 1. The van der Waals surface area contributed by atoms with Gasteiger partial charge in [0.15, 0.2) is 0 Å². The molecule has 0 heterocycles. The molecule has 2 aromatic rings. The molecule has 3 nitrogen and oxygen atoms in total. The van der Waals surface area contributed by atoms with Crippen LogP contribution in [0.25, 0.3) is 10.8 Å². The maximum absolute atomic E-state index is 10.3. The molecule has 2 aromatic carbocycles. The molecule has 0 fully saturated rings. The van der Waals surface area contributed by atoms with Gasteiger partial charge in [-0.15, -0.1) is 0 Å². The zero-order valence-electron chi connectivity index (χ0n) is 7.21. The van der Waals surface area contributed by atoms with Crippen molar-refractivity contribution in [1.29, 1.82) is 0 Å².